The van der Waals surface area contributed by atoms with Crippen LogP contribution in [-0.4, -0.2) is 63.6 Å². The number of ether oxygens (including phenoxy) is 1. The van der Waals surface area contributed by atoms with Crippen molar-refractivity contribution in [3.05, 3.63) is 52.9 Å². The highest BCUT2D eigenvalue weighted by atomic mass is 32.1. The number of rotatable bonds is 7. The summed E-state index contributed by atoms with van der Waals surface area (Å²) in [6.07, 6.45) is -0.468. The third-order valence-corrected chi connectivity index (χ3v) is 8.31. The molecule has 4 atom stereocenters. The molecular formula is C27H31N5O5S. The van der Waals surface area contributed by atoms with Crippen LogP contribution in [0.2, 0.25) is 0 Å². The van der Waals surface area contributed by atoms with Crippen molar-refractivity contribution in [2.24, 2.45) is 10.9 Å². The molecule has 2 aliphatic heterocycles. The molecule has 200 valence electrons. The summed E-state index contributed by atoms with van der Waals surface area (Å²) in [7, 11) is 1.48. The van der Waals surface area contributed by atoms with Gasteiger partial charge >= 0.3 is 0 Å². The van der Waals surface area contributed by atoms with E-state index in [-0.39, 0.29) is 36.6 Å². The second-order valence-electron chi connectivity index (χ2n) is 10.3. The number of aliphatic imine (C=N–C) groups is 1. The number of nitrogens with one attached hydrogen (secondary N) is 1. The van der Waals surface area contributed by atoms with Crippen LogP contribution in [0.5, 0.6) is 5.88 Å². The van der Waals surface area contributed by atoms with Crippen molar-refractivity contribution in [1.82, 2.24) is 20.4 Å². The molecule has 5 rings (SSSR count). The van der Waals surface area contributed by atoms with E-state index in [0.717, 1.165) is 21.7 Å². The maximum absolute atomic E-state index is 13.8. The number of β-amino-alcohol motifs (C(OH)–C–C–N with tert-alkyl or cyclic N) is 1. The van der Waals surface area contributed by atoms with Crippen molar-refractivity contribution < 1.29 is 24.0 Å². The third kappa shape index (κ3) is 4.49. The Kier molecular flexibility index (Phi) is 6.83. The third-order valence-electron chi connectivity index (χ3n) is 7.33. The summed E-state index contributed by atoms with van der Waals surface area (Å²) in [5.74, 6) is -0.256. The Morgan fingerprint density at radius 3 is 2.66 bits per heavy atom. The predicted octanol–water partition coefficient (Wildman–Crippen LogP) is 3.26. The molecule has 11 heteroatoms. The molecule has 1 fully saturated rings. The van der Waals surface area contributed by atoms with Gasteiger partial charge in [0.1, 0.15) is 17.3 Å². The first-order chi connectivity index (χ1) is 18.1. The molecule has 1 aromatic carbocycles. The van der Waals surface area contributed by atoms with Gasteiger partial charge in [-0.1, -0.05) is 38.1 Å². The Hall–Kier alpha value is -3.57. The van der Waals surface area contributed by atoms with Gasteiger partial charge in [0.05, 0.1) is 35.3 Å². The first kappa shape index (κ1) is 26.1. The number of hydrogen-bond acceptors (Lipinski definition) is 9. The zero-order chi connectivity index (χ0) is 27.2. The van der Waals surface area contributed by atoms with E-state index in [1.807, 2.05) is 50.5 Å². The monoisotopic (exact) mass is 537 g/mol. The zero-order valence-corrected chi connectivity index (χ0v) is 22.8. The lowest BCUT2D eigenvalue weighted by molar-refractivity contribution is -0.134. The predicted molar refractivity (Wildman–Crippen MR) is 142 cm³/mol. The molecular weight excluding hydrogens is 506 g/mol. The Balaban J connectivity index is 1.39. The topological polar surface area (TPSA) is 130 Å². The summed E-state index contributed by atoms with van der Waals surface area (Å²) >= 11 is 1.57. The van der Waals surface area contributed by atoms with Crippen LogP contribution >= 0.6 is 11.3 Å². The highest BCUT2D eigenvalue weighted by molar-refractivity contribution is 7.13. The second-order valence-corrected chi connectivity index (χ2v) is 11.1. The number of methoxy groups -OCH3 is 1. The number of benzene rings is 1. The fourth-order valence-electron chi connectivity index (χ4n) is 5.19. The number of aliphatic hydroxyl groups is 1. The Morgan fingerprint density at radius 1 is 1.32 bits per heavy atom. The van der Waals surface area contributed by atoms with Gasteiger partial charge in [-0.15, -0.1) is 11.3 Å². The van der Waals surface area contributed by atoms with E-state index in [0.29, 0.717) is 11.6 Å². The summed E-state index contributed by atoms with van der Waals surface area (Å²) < 4.78 is 10.5. The number of aliphatic hydroxyl groups excluding tert-OH is 1. The van der Waals surface area contributed by atoms with Crippen molar-refractivity contribution in [2.45, 2.75) is 57.7 Å². The lowest BCUT2D eigenvalue weighted by Crippen LogP contribution is -2.51. The lowest BCUT2D eigenvalue weighted by Gasteiger charge is -2.31. The minimum atomic E-state index is -1.09. The summed E-state index contributed by atoms with van der Waals surface area (Å²) in [6, 6.07) is 8.80. The van der Waals surface area contributed by atoms with Crippen molar-refractivity contribution in [3.63, 3.8) is 0 Å². The van der Waals surface area contributed by atoms with Crippen LogP contribution in [-0.2, 0) is 15.1 Å². The molecule has 0 bridgehead atoms. The summed E-state index contributed by atoms with van der Waals surface area (Å²) in [5, 5.41) is 17.7. The molecule has 0 radical (unpaired) electrons. The van der Waals surface area contributed by atoms with E-state index in [1.54, 1.807) is 29.2 Å². The fraction of sp³-hybridized carbons (Fsp3) is 0.444. The highest BCUT2D eigenvalue weighted by Gasteiger charge is 2.48. The molecule has 3 aromatic rings. The SMILES string of the molecule is COc1cc(C(C(=O)N2C[C@H](O)C[C@@H]2C2=NC(=O)[C@](C)(c3ccc(-c4scnc4C)cc3)N2)C(C)C)on1. The van der Waals surface area contributed by atoms with Crippen LogP contribution in [0.3, 0.4) is 0 Å². The summed E-state index contributed by atoms with van der Waals surface area (Å²) in [5.41, 5.74) is 3.48. The van der Waals surface area contributed by atoms with E-state index in [9.17, 15) is 14.7 Å². The summed E-state index contributed by atoms with van der Waals surface area (Å²) in [6.45, 7) is 7.72. The Morgan fingerprint density at radius 2 is 2.05 bits per heavy atom. The number of hydrogen-bond donors (Lipinski definition) is 2. The molecule has 0 spiro atoms. The smallest absolute Gasteiger partial charge is 0.277 e. The van der Waals surface area contributed by atoms with Gasteiger partial charge in [-0.3, -0.25) is 9.59 Å². The Labute approximate surface area is 224 Å². The van der Waals surface area contributed by atoms with Gasteiger partial charge in [-0.25, -0.2) is 4.98 Å². The minimum Gasteiger partial charge on any atom is -0.479 e. The Bertz CT molecular complexity index is 1380. The van der Waals surface area contributed by atoms with E-state index in [1.165, 1.54) is 7.11 Å². The number of likely N-dealkylation sites (tertiary alicyclic amines) is 1. The summed E-state index contributed by atoms with van der Waals surface area (Å²) in [4.78, 5) is 38.4. The van der Waals surface area contributed by atoms with Gasteiger partial charge in [0.15, 0.2) is 5.76 Å². The fourth-order valence-corrected chi connectivity index (χ4v) is 6.00. The van der Waals surface area contributed by atoms with Gasteiger partial charge in [0.2, 0.25) is 5.91 Å². The first-order valence-electron chi connectivity index (χ1n) is 12.5. The number of aromatic nitrogens is 2. The van der Waals surface area contributed by atoms with Crippen LogP contribution < -0.4 is 10.1 Å². The number of amidine groups is 1. The average molecular weight is 538 g/mol. The van der Waals surface area contributed by atoms with Gasteiger partial charge in [-0.2, -0.15) is 4.99 Å². The number of carbonyl (C=O) groups is 2. The number of aryl methyl sites for hydroxylation is 1. The van der Waals surface area contributed by atoms with Crippen molar-refractivity contribution in [3.8, 4) is 16.3 Å². The molecule has 38 heavy (non-hydrogen) atoms. The molecule has 2 aliphatic rings. The molecule has 10 nitrogen and oxygen atoms in total. The quantitative estimate of drug-likeness (QED) is 0.470. The molecule has 4 heterocycles. The van der Waals surface area contributed by atoms with Crippen LogP contribution in [0, 0.1) is 12.8 Å². The molecule has 0 saturated carbocycles. The van der Waals surface area contributed by atoms with Crippen LogP contribution in [0.1, 0.15) is 50.1 Å². The van der Waals surface area contributed by atoms with E-state index >= 15 is 0 Å². The number of amides is 2. The lowest BCUT2D eigenvalue weighted by atomic mass is 9.90. The van der Waals surface area contributed by atoms with Crippen molar-refractivity contribution in [1.29, 1.82) is 0 Å². The van der Waals surface area contributed by atoms with E-state index in [4.69, 9.17) is 9.26 Å². The first-order valence-corrected chi connectivity index (χ1v) is 13.4. The molecule has 1 unspecified atom stereocenters. The standard InChI is InChI=1S/C27H31N5O5S/c1-14(2)22(20-11-21(36-5)31-37-20)25(34)32-12-18(33)10-19(32)24-29-26(35)27(4,30-24)17-8-6-16(7-9-17)23-15(3)28-13-38-23/h6-9,11,13-14,18-19,22,33H,10,12H2,1-5H3,(H,29,30,35)/t18-,19-,22?,27+/m1/s1. The van der Waals surface area contributed by atoms with Gasteiger partial charge < -0.3 is 24.6 Å². The minimum absolute atomic E-state index is 0.107. The van der Waals surface area contributed by atoms with Crippen LogP contribution in [0.4, 0.5) is 0 Å². The molecule has 2 amide bonds. The number of thiazole rings is 1. The molecule has 2 N–H and O–H groups in total. The van der Waals surface area contributed by atoms with Crippen LogP contribution in [0.25, 0.3) is 10.4 Å². The second kappa shape index (κ2) is 9.95. The van der Waals surface area contributed by atoms with Gasteiger partial charge in [0, 0.05) is 19.0 Å². The zero-order valence-electron chi connectivity index (χ0n) is 22.0. The molecule has 0 aliphatic carbocycles. The maximum Gasteiger partial charge on any atom is 0.277 e. The van der Waals surface area contributed by atoms with Crippen molar-refractivity contribution >= 4 is 29.0 Å². The maximum atomic E-state index is 13.8. The van der Waals surface area contributed by atoms with Gasteiger partial charge in [0.25, 0.3) is 11.8 Å². The normalized spacial score (nSPS) is 24.0. The molecule has 1 saturated heterocycles. The van der Waals surface area contributed by atoms with Crippen LogP contribution in [0.15, 0.2) is 45.4 Å². The van der Waals surface area contributed by atoms with E-state index < -0.39 is 23.6 Å². The van der Waals surface area contributed by atoms with E-state index in [2.05, 4.69) is 20.4 Å². The molecule has 2 aromatic heterocycles. The van der Waals surface area contributed by atoms with Gasteiger partial charge in [-0.05, 0) is 36.0 Å². The number of carbonyl (C=O) groups excluding carboxylic acids is 2. The highest BCUT2D eigenvalue weighted by Crippen LogP contribution is 2.35. The number of nitrogens with zero attached hydrogens (tertiary/aromatic N) is 4. The average Bonchev–Trinajstić information content (AvgIpc) is 3.67. The van der Waals surface area contributed by atoms with Crippen molar-refractivity contribution in [2.75, 3.05) is 13.7 Å². The largest absolute Gasteiger partial charge is 0.479 e.